The van der Waals surface area contributed by atoms with E-state index in [1.165, 1.54) is 0 Å². The molecular formula is C20H26N2O2. The molecule has 0 spiro atoms. The zero-order valence-corrected chi connectivity index (χ0v) is 14.5. The maximum atomic E-state index is 13.0. The fourth-order valence-corrected chi connectivity index (χ4v) is 2.65. The molecule has 4 heteroatoms. The molecule has 0 heterocycles. The van der Waals surface area contributed by atoms with Gasteiger partial charge in [-0.1, -0.05) is 36.4 Å². The van der Waals surface area contributed by atoms with Crippen LogP contribution < -0.4 is 5.73 Å². The summed E-state index contributed by atoms with van der Waals surface area (Å²) in [7, 11) is 1.70. The molecule has 0 aliphatic heterocycles. The highest BCUT2D eigenvalue weighted by molar-refractivity contribution is 5.96. The predicted octanol–water partition coefficient (Wildman–Crippen LogP) is 3.65. The van der Waals surface area contributed by atoms with Crippen molar-refractivity contribution in [2.45, 2.75) is 26.3 Å². The van der Waals surface area contributed by atoms with Gasteiger partial charge >= 0.3 is 0 Å². The number of nitrogens with two attached hydrogens (primary N) is 1. The summed E-state index contributed by atoms with van der Waals surface area (Å²) in [5.74, 6) is 0.0288. The van der Waals surface area contributed by atoms with Gasteiger partial charge in [0.2, 0.25) is 0 Å². The molecular weight excluding hydrogens is 300 g/mol. The number of hydrogen-bond donors (Lipinski definition) is 1. The number of ether oxygens (including phenoxy) is 1. The van der Waals surface area contributed by atoms with E-state index in [0.29, 0.717) is 30.9 Å². The second-order valence-electron chi connectivity index (χ2n) is 5.99. The van der Waals surface area contributed by atoms with Crippen LogP contribution >= 0.6 is 0 Å². The van der Waals surface area contributed by atoms with Gasteiger partial charge in [-0.15, -0.1) is 0 Å². The lowest BCUT2D eigenvalue weighted by Gasteiger charge is -2.24. The predicted molar refractivity (Wildman–Crippen MR) is 97.9 cm³/mol. The van der Waals surface area contributed by atoms with E-state index < -0.39 is 0 Å². The first-order valence-corrected chi connectivity index (χ1v) is 8.30. The normalized spacial score (nSPS) is 10.6. The third-order valence-corrected chi connectivity index (χ3v) is 4.02. The van der Waals surface area contributed by atoms with Gasteiger partial charge < -0.3 is 15.4 Å². The van der Waals surface area contributed by atoms with E-state index in [1.807, 2.05) is 54.3 Å². The van der Waals surface area contributed by atoms with Crippen molar-refractivity contribution in [2.24, 2.45) is 0 Å². The Morgan fingerprint density at radius 2 is 1.88 bits per heavy atom. The highest BCUT2D eigenvalue weighted by Crippen LogP contribution is 2.17. The molecule has 0 saturated heterocycles. The average molecular weight is 326 g/mol. The van der Waals surface area contributed by atoms with Gasteiger partial charge in [0, 0.05) is 38.1 Å². The van der Waals surface area contributed by atoms with Crippen molar-refractivity contribution in [1.29, 1.82) is 0 Å². The minimum absolute atomic E-state index is 0.0288. The number of nitrogen functional groups attached to an aromatic ring is 1. The van der Waals surface area contributed by atoms with Crippen LogP contribution in [0.5, 0.6) is 0 Å². The zero-order chi connectivity index (χ0) is 17.4. The molecule has 2 aromatic rings. The number of benzene rings is 2. The molecule has 2 N–H and O–H groups in total. The van der Waals surface area contributed by atoms with E-state index in [2.05, 4.69) is 0 Å². The first-order chi connectivity index (χ1) is 11.6. The number of unbranched alkanes of at least 4 members (excludes halogenated alkanes) is 1. The first-order valence-electron chi connectivity index (χ1n) is 8.30. The number of carbonyl (C=O) groups is 1. The summed E-state index contributed by atoms with van der Waals surface area (Å²) in [4.78, 5) is 14.9. The molecule has 0 saturated carbocycles. The number of amides is 1. The summed E-state index contributed by atoms with van der Waals surface area (Å²) < 4.78 is 5.10. The van der Waals surface area contributed by atoms with Crippen LogP contribution in [0.2, 0.25) is 0 Å². The Morgan fingerprint density at radius 1 is 1.12 bits per heavy atom. The van der Waals surface area contributed by atoms with Gasteiger partial charge in [0.25, 0.3) is 5.91 Å². The number of anilines is 1. The second kappa shape index (κ2) is 9.08. The maximum absolute atomic E-state index is 13.0. The van der Waals surface area contributed by atoms with Crippen LogP contribution in [-0.4, -0.2) is 31.1 Å². The van der Waals surface area contributed by atoms with E-state index in [9.17, 15) is 4.79 Å². The molecule has 24 heavy (non-hydrogen) atoms. The van der Waals surface area contributed by atoms with Gasteiger partial charge in [0.15, 0.2) is 0 Å². The van der Waals surface area contributed by atoms with E-state index in [1.54, 1.807) is 13.2 Å². The Kier molecular flexibility index (Phi) is 6.82. The lowest BCUT2D eigenvalue weighted by Crippen LogP contribution is -2.32. The van der Waals surface area contributed by atoms with Crippen molar-refractivity contribution >= 4 is 11.6 Å². The fourth-order valence-electron chi connectivity index (χ4n) is 2.65. The van der Waals surface area contributed by atoms with Gasteiger partial charge in [-0.25, -0.2) is 0 Å². The number of aryl methyl sites for hydroxylation is 1. The number of rotatable bonds is 8. The van der Waals surface area contributed by atoms with Crippen molar-refractivity contribution in [1.82, 2.24) is 4.90 Å². The summed E-state index contributed by atoms with van der Waals surface area (Å²) in [5, 5.41) is 0. The largest absolute Gasteiger partial charge is 0.399 e. The summed E-state index contributed by atoms with van der Waals surface area (Å²) in [6, 6.07) is 15.5. The topological polar surface area (TPSA) is 55.6 Å². The lowest BCUT2D eigenvalue weighted by molar-refractivity contribution is 0.0734. The highest BCUT2D eigenvalue weighted by Gasteiger charge is 2.18. The van der Waals surface area contributed by atoms with Crippen molar-refractivity contribution in [3.8, 4) is 0 Å². The molecule has 0 aliphatic carbocycles. The minimum Gasteiger partial charge on any atom is -0.399 e. The van der Waals surface area contributed by atoms with Crippen LogP contribution in [0.25, 0.3) is 0 Å². The van der Waals surface area contributed by atoms with Crippen LogP contribution in [0.1, 0.15) is 34.3 Å². The molecule has 0 aliphatic rings. The van der Waals surface area contributed by atoms with E-state index in [0.717, 1.165) is 24.0 Å². The van der Waals surface area contributed by atoms with Gasteiger partial charge in [-0.3, -0.25) is 4.79 Å². The van der Waals surface area contributed by atoms with Crippen molar-refractivity contribution in [2.75, 3.05) is 26.0 Å². The third-order valence-electron chi connectivity index (χ3n) is 4.02. The van der Waals surface area contributed by atoms with Crippen LogP contribution in [0.3, 0.4) is 0 Å². The Labute approximate surface area is 144 Å². The molecule has 0 radical (unpaired) electrons. The van der Waals surface area contributed by atoms with Crippen molar-refractivity contribution < 1.29 is 9.53 Å². The van der Waals surface area contributed by atoms with Crippen molar-refractivity contribution in [3.63, 3.8) is 0 Å². The van der Waals surface area contributed by atoms with E-state index >= 15 is 0 Å². The van der Waals surface area contributed by atoms with Crippen LogP contribution in [0.15, 0.2) is 48.5 Å². The van der Waals surface area contributed by atoms with E-state index in [4.69, 9.17) is 10.5 Å². The fraction of sp³-hybridized carbons (Fsp3) is 0.350. The quantitative estimate of drug-likeness (QED) is 0.595. The first kappa shape index (κ1) is 18.0. The third kappa shape index (κ3) is 5.10. The Hall–Kier alpha value is -2.33. The van der Waals surface area contributed by atoms with Gasteiger partial charge in [0.05, 0.1) is 0 Å². The van der Waals surface area contributed by atoms with Gasteiger partial charge in [-0.2, -0.15) is 0 Å². The molecule has 128 valence electrons. The zero-order valence-electron chi connectivity index (χ0n) is 14.5. The second-order valence-corrected chi connectivity index (χ2v) is 5.99. The molecule has 1 amide bonds. The molecule has 0 unspecified atom stereocenters. The number of methoxy groups -OCH3 is 1. The SMILES string of the molecule is COCCCCN(Cc1ccccc1)C(=O)c1cc(N)ccc1C. The number of hydrogen-bond acceptors (Lipinski definition) is 3. The van der Waals surface area contributed by atoms with Gasteiger partial charge in [-0.05, 0) is 43.0 Å². The molecule has 0 aromatic heterocycles. The van der Waals surface area contributed by atoms with Crippen LogP contribution in [0.4, 0.5) is 5.69 Å². The molecule has 0 bridgehead atoms. The lowest BCUT2D eigenvalue weighted by atomic mass is 10.1. The maximum Gasteiger partial charge on any atom is 0.254 e. The summed E-state index contributed by atoms with van der Waals surface area (Å²) in [6.45, 7) is 3.95. The minimum atomic E-state index is 0.0288. The smallest absolute Gasteiger partial charge is 0.254 e. The molecule has 4 nitrogen and oxygen atoms in total. The van der Waals surface area contributed by atoms with Gasteiger partial charge in [0.1, 0.15) is 0 Å². The molecule has 0 fully saturated rings. The molecule has 2 rings (SSSR count). The van der Waals surface area contributed by atoms with E-state index in [-0.39, 0.29) is 5.91 Å². The highest BCUT2D eigenvalue weighted by atomic mass is 16.5. The Balaban J connectivity index is 2.16. The number of nitrogens with zero attached hydrogens (tertiary/aromatic N) is 1. The molecule has 2 aromatic carbocycles. The standard InChI is InChI=1S/C20H26N2O2/c1-16-10-11-18(21)14-19(16)20(23)22(12-6-7-13-24-2)15-17-8-4-3-5-9-17/h3-5,8-11,14H,6-7,12-13,15,21H2,1-2H3. The molecule has 0 atom stereocenters. The summed E-state index contributed by atoms with van der Waals surface area (Å²) in [5.41, 5.74) is 9.24. The Morgan fingerprint density at radius 3 is 2.58 bits per heavy atom. The van der Waals surface area contributed by atoms with Crippen LogP contribution in [-0.2, 0) is 11.3 Å². The summed E-state index contributed by atoms with van der Waals surface area (Å²) >= 11 is 0. The Bertz CT molecular complexity index is 656. The average Bonchev–Trinajstić information content (AvgIpc) is 2.60. The van der Waals surface area contributed by atoms with Crippen LogP contribution in [0, 0.1) is 6.92 Å². The monoisotopic (exact) mass is 326 g/mol. The number of carbonyl (C=O) groups excluding carboxylic acids is 1. The summed E-state index contributed by atoms with van der Waals surface area (Å²) in [6.07, 6.45) is 1.85. The van der Waals surface area contributed by atoms with Crippen molar-refractivity contribution in [3.05, 3.63) is 65.2 Å².